The number of nitrogens with zero attached hydrogens (tertiary/aromatic N) is 2. The number of nitrogens with one attached hydrogen (secondary N) is 2. The number of halogens is 4. The second-order valence-electron chi connectivity index (χ2n) is 7.07. The van der Waals surface area contributed by atoms with Crippen molar-refractivity contribution in [2.45, 2.75) is 31.2 Å². The molecule has 1 amide bonds. The van der Waals surface area contributed by atoms with E-state index in [2.05, 4.69) is 15.7 Å². The van der Waals surface area contributed by atoms with Crippen LogP contribution in [0.1, 0.15) is 40.1 Å². The highest BCUT2D eigenvalue weighted by atomic mass is 19.4. The van der Waals surface area contributed by atoms with Crippen molar-refractivity contribution in [3.63, 3.8) is 0 Å². The molecule has 2 aromatic carbocycles. The Labute approximate surface area is 169 Å². The summed E-state index contributed by atoms with van der Waals surface area (Å²) < 4.78 is 54.9. The lowest BCUT2D eigenvalue weighted by Gasteiger charge is -2.33. The highest BCUT2D eigenvalue weighted by molar-refractivity contribution is 5.93. The van der Waals surface area contributed by atoms with Crippen molar-refractivity contribution in [3.8, 4) is 0 Å². The van der Waals surface area contributed by atoms with E-state index in [1.807, 2.05) is 0 Å². The van der Waals surface area contributed by atoms with Crippen LogP contribution in [0.3, 0.4) is 0 Å². The molecule has 2 atom stereocenters. The Kier molecular flexibility index (Phi) is 5.19. The maximum atomic E-state index is 13.7. The van der Waals surface area contributed by atoms with Crippen LogP contribution >= 0.6 is 0 Å². The molecule has 3 aromatic rings. The molecule has 1 aliphatic rings. The smallest absolute Gasteiger partial charge is 0.363 e. The van der Waals surface area contributed by atoms with Crippen molar-refractivity contribution in [1.82, 2.24) is 15.1 Å². The summed E-state index contributed by atoms with van der Waals surface area (Å²) in [5.41, 5.74) is 1.26. The number of hydrogen-bond donors (Lipinski definition) is 2. The standard InChI is InChI=1S/C21H18F4N4O/c22-15-8-6-13(7-9-15)12-26-20(30)17-11-19-27-16(14-4-2-1-3-5-14)10-18(21(23,24)25)29(19)28-17/h1-9,11,16,18,27H,10,12H2,(H,26,30)/t16-,18-/m0/s1. The Bertz CT molecular complexity index is 1030. The van der Waals surface area contributed by atoms with E-state index in [1.54, 1.807) is 30.3 Å². The first-order chi connectivity index (χ1) is 14.3. The third-order valence-corrected chi connectivity index (χ3v) is 4.99. The monoisotopic (exact) mass is 418 g/mol. The number of carbonyl (C=O) groups is 1. The zero-order valence-electron chi connectivity index (χ0n) is 15.7. The third-order valence-electron chi connectivity index (χ3n) is 4.99. The van der Waals surface area contributed by atoms with E-state index < -0.39 is 30.0 Å². The largest absolute Gasteiger partial charge is 0.410 e. The number of carbonyl (C=O) groups excluding carboxylic acids is 1. The summed E-state index contributed by atoms with van der Waals surface area (Å²) in [4.78, 5) is 12.4. The zero-order valence-corrected chi connectivity index (χ0v) is 15.7. The van der Waals surface area contributed by atoms with Gasteiger partial charge in [-0.15, -0.1) is 0 Å². The van der Waals surface area contributed by atoms with Gasteiger partial charge in [-0.1, -0.05) is 42.5 Å². The molecule has 30 heavy (non-hydrogen) atoms. The molecule has 0 radical (unpaired) electrons. The Morgan fingerprint density at radius 1 is 1.13 bits per heavy atom. The van der Waals surface area contributed by atoms with Gasteiger partial charge in [0.1, 0.15) is 11.6 Å². The zero-order chi connectivity index (χ0) is 21.3. The quantitative estimate of drug-likeness (QED) is 0.609. The van der Waals surface area contributed by atoms with Crippen LogP contribution in [0.4, 0.5) is 23.4 Å². The van der Waals surface area contributed by atoms with Gasteiger partial charge in [0.2, 0.25) is 0 Å². The SMILES string of the molecule is O=C(NCc1ccc(F)cc1)c1cc2n(n1)[C@H](C(F)(F)F)C[C@@H](c1ccccc1)N2. The van der Waals surface area contributed by atoms with Gasteiger partial charge in [0.05, 0.1) is 6.04 Å². The molecule has 9 heteroatoms. The molecule has 0 saturated carbocycles. The van der Waals surface area contributed by atoms with Crippen molar-refractivity contribution in [2.24, 2.45) is 0 Å². The predicted molar refractivity (Wildman–Crippen MR) is 102 cm³/mol. The van der Waals surface area contributed by atoms with Crippen molar-refractivity contribution < 1.29 is 22.4 Å². The second kappa shape index (κ2) is 7.81. The van der Waals surface area contributed by atoms with Crippen LogP contribution in [0.2, 0.25) is 0 Å². The Balaban J connectivity index is 1.56. The van der Waals surface area contributed by atoms with E-state index in [0.717, 1.165) is 10.2 Å². The molecule has 0 saturated heterocycles. The number of rotatable bonds is 4. The van der Waals surface area contributed by atoms with E-state index in [9.17, 15) is 22.4 Å². The molecular weight excluding hydrogens is 400 g/mol. The molecule has 0 unspecified atom stereocenters. The molecule has 0 bridgehead atoms. The van der Waals surface area contributed by atoms with Crippen LogP contribution < -0.4 is 10.6 Å². The van der Waals surface area contributed by atoms with Crippen molar-refractivity contribution >= 4 is 11.7 Å². The van der Waals surface area contributed by atoms with Gasteiger partial charge in [-0.2, -0.15) is 18.3 Å². The first kappa shape index (κ1) is 19.9. The van der Waals surface area contributed by atoms with Gasteiger partial charge in [-0.05, 0) is 23.3 Å². The summed E-state index contributed by atoms with van der Waals surface area (Å²) in [5, 5.41) is 9.56. The second-order valence-corrected chi connectivity index (χ2v) is 7.07. The third kappa shape index (κ3) is 4.14. The number of aromatic nitrogens is 2. The van der Waals surface area contributed by atoms with Crippen molar-refractivity contribution in [2.75, 3.05) is 5.32 Å². The number of amides is 1. The molecule has 2 heterocycles. The van der Waals surface area contributed by atoms with Crippen molar-refractivity contribution in [1.29, 1.82) is 0 Å². The first-order valence-electron chi connectivity index (χ1n) is 9.31. The van der Waals surface area contributed by atoms with Gasteiger partial charge in [0.15, 0.2) is 11.7 Å². The molecule has 156 valence electrons. The Morgan fingerprint density at radius 3 is 2.50 bits per heavy atom. The molecule has 1 aliphatic heterocycles. The van der Waals surface area contributed by atoms with Crippen molar-refractivity contribution in [3.05, 3.63) is 83.3 Å². The normalized spacial score (nSPS) is 18.4. The highest BCUT2D eigenvalue weighted by Crippen LogP contribution is 2.43. The molecule has 0 spiro atoms. The fourth-order valence-corrected chi connectivity index (χ4v) is 3.46. The van der Waals surface area contributed by atoms with E-state index in [1.165, 1.54) is 30.3 Å². The van der Waals surface area contributed by atoms with Crippen LogP contribution in [0, 0.1) is 5.82 Å². The van der Waals surface area contributed by atoms with Crippen LogP contribution in [0.15, 0.2) is 60.7 Å². The highest BCUT2D eigenvalue weighted by Gasteiger charge is 2.46. The average molecular weight is 418 g/mol. The molecule has 0 aliphatic carbocycles. The topological polar surface area (TPSA) is 59.0 Å². The lowest BCUT2D eigenvalue weighted by molar-refractivity contribution is -0.173. The maximum Gasteiger partial charge on any atom is 0.410 e. The van der Waals surface area contributed by atoms with E-state index in [0.29, 0.717) is 5.56 Å². The Morgan fingerprint density at radius 2 is 1.83 bits per heavy atom. The number of benzene rings is 2. The van der Waals surface area contributed by atoms with Gasteiger partial charge in [-0.3, -0.25) is 4.79 Å². The fourth-order valence-electron chi connectivity index (χ4n) is 3.46. The summed E-state index contributed by atoms with van der Waals surface area (Å²) >= 11 is 0. The lowest BCUT2D eigenvalue weighted by atomic mass is 9.97. The number of hydrogen-bond acceptors (Lipinski definition) is 3. The maximum absolute atomic E-state index is 13.7. The fraction of sp³-hybridized carbons (Fsp3) is 0.238. The average Bonchev–Trinajstić information content (AvgIpc) is 3.16. The van der Waals surface area contributed by atoms with Gasteiger partial charge in [-0.25, -0.2) is 9.07 Å². The summed E-state index contributed by atoms with van der Waals surface area (Å²) in [6.07, 6.45) is -4.75. The Hall–Kier alpha value is -3.36. The number of alkyl halides is 3. The number of fused-ring (bicyclic) bond motifs is 1. The van der Waals surface area contributed by atoms with Crippen LogP contribution in [-0.4, -0.2) is 21.9 Å². The molecule has 1 aromatic heterocycles. The minimum atomic E-state index is -4.52. The minimum absolute atomic E-state index is 0.101. The minimum Gasteiger partial charge on any atom is -0.363 e. The summed E-state index contributed by atoms with van der Waals surface area (Å²) in [6.45, 7) is 0.101. The lowest BCUT2D eigenvalue weighted by Crippen LogP contribution is -2.35. The van der Waals surface area contributed by atoms with E-state index in [-0.39, 0.29) is 24.5 Å². The van der Waals surface area contributed by atoms with E-state index in [4.69, 9.17) is 0 Å². The van der Waals surface area contributed by atoms with Crippen LogP contribution in [-0.2, 0) is 6.54 Å². The predicted octanol–water partition coefficient (Wildman–Crippen LogP) is 4.61. The first-order valence-corrected chi connectivity index (χ1v) is 9.31. The van der Waals surface area contributed by atoms with Gasteiger partial charge in [0.25, 0.3) is 5.91 Å². The van der Waals surface area contributed by atoms with Crippen LogP contribution in [0.5, 0.6) is 0 Å². The van der Waals surface area contributed by atoms with E-state index >= 15 is 0 Å². The van der Waals surface area contributed by atoms with Crippen LogP contribution in [0.25, 0.3) is 0 Å². The number of anilines is 1. The van der Waals surface area contributed by atoms with Gasteiger partial charge in [0, 0.05) is 19.0 Å². The van der Waals surface area contributed by atoms with Gasteiger partial charge < -0.3 is 10.6 Å². The summed E-state index contributed by atoms with van der Waals surface area (Å²) in [7, 11) is 0. The molecule has 0 fully saturated rings. The summed E-state index contributed by atoms with van der Waals surface area (Å²) in [5.74, 6) is -0.881. The van der Waals surface area contributed by atoms with Gasteiger partial charge >= 0.3 is 6.18 Å². The molecule has 4 rings (SSSR count). The molecule has 2 N–H and O–H groups in total. The summed E-state index contributed by atoms with van der Waals surface area (Å²) in [6, 6.07) is 13.3. The molecular formula is C21H18F4N4O. The molecule has 5 nitrogen and oxygen atoms in total.